The van der Waals surface area contributed by atoms with Crippen molar-refractivity contribution in [2.45, 2.75) is 31.3 Å². The highest BCUT2D eigenvalue weighted by molar-refractivity contribution is 5.79. The Labute approximate surface area is 123 Å². The van der Waals surface area contributed by atoms with Crippen LogP contribution in [0.5, 0.6) is 0 Å². The summed E-state index contributed by atoms with van der Waals surface area (Å²) in [6.07, 6.45) is 4.21. The second kappa shape index (κ2) is 4.95. The second-order valence-electron chi connectivity index (χ2n) is 5.74. The fourth-order valence-corrected chi connectivity index (χ4v) is 3.49. The van der Waals surface area contributed by atoms with E-state index in [1.54, 1.807) is 6.26 Å². The molecule has 1 unspecified atom stereocenters. The van der Waals surface area contributed by atoms with Crippen molar-refractivity contribution >= 4 is 11.6 Å². The molecule has 1 aromatic carbocycles. The Kier molecular flexibility index (Phi) is 2.95. The van der Waals surface area contributed by atoms with Gasteiger partial charge in [0.2, 0.25) is 5.91 Å². The number of carbonyl (C=O) groups is 1. The summed E-state index contributed by atoms with van der Waals surface area (Å²) in [5.74, 6) is 1.20. The molecule has 3 heterocycles. The fourth-order valence-electron chi connectivity index (χ4n) is 3.49. The molecule has 1 amide bonds. The first-order valence-electron chi connectivity index (χ1n) is 7.51. The number of rotatable bonds is 2. The van der Waals surface area contributed by atoms with Crippen LogP contribution in [0.1, 0.15) is 42.7 Å². The number of furan rings is 1. The van der Waals surface area contributed by atoms with E-state index in [4.69, 9.17) is 4.42 Å². The number of hydrogen-bond acceptors (Lipinski definition) is 3. The third-order valence-corrected chi connectivity index (χ3v) is 4.48. The summed E-state index contributed by atoms with van der Waals surface area (Å²) in [5, 5.41) is 3.54. The number of nitrogens with one attached hydrogen (secondary N) is 1. The van der Waals surface area contributed by atoms with Gasteiger partial charge in [0.15, 0.2) is 0 Å². The molecule has 0 saturated carbocycles. The lowest BCUT2D eigenvalue weighted by Gasteiger charge is -2.37. The maximum Gasteiger partial charge on any atom is 0.223 e. The molecule has 0 spiro atoms. The highest BCUT2D eigenvalue weighted by Crippen LogP contribution is 2.43. The van der Waals surface area contributed by atoms with E-state index >= 15 is 0 Å². The topological polar surface area (TPSA) is 45.5 Å². The summed E-state index contributed by atoms with van der Waals surface area (Å²) in [5.41, 5.74) is 2.32. The van der Waals surface area contributed by atoms with E-state index in [2.05, 4.69) is 17.4 Å². The van der Waals surface area contributed by atoms with Crippen LogP contribution >= 0.6 is 0 Å². The highest BCUT2D eigenvalue weighted by Gasteiger charge is 2.36. The van der Waals surface area contributed by atoms with Gasteiger partial charge in [-0.2, -0.15) is 0 Å². The van der Waals surface area contributed by atoms with Crippen LogP contribution in [0.3, 0.4) is 0 Å². The minimum atomic E-state index is 0.119. The minimum Gasteiger partial charge on any atom is -0.467 e. The van der Waals surface area contributed by atoms with Crippen molar-refractivity contribution in [3.63, 3.8) is 0 Å². The maximum atomic E-state index is 12.2. The van der Waals surface area contributed by atoms with Gasteiger partial charge >= 0.3 is 0 Å². The van der Waals surface area contributed by atoms with Gasteiger partial charge in [-0.1, -0.05) is 18.2 Å². The van der Waals surface area contributed by atoms with E-state index in [0.717, 1.165) is 30.8 Å². The first kappa shape index (κ1) is 12.5. The third-order valence-electron chi connectivity index (χ3n) is 4.48. The molecule has 1 fully saturated rings. The zero-order valence-electron chi connectivity index (χ0n) is 11.8. The van der Waals surface area contributed by atoms with Crippen LogP contribution < -0.4 is 5.32 Å². The standard InChI is InChI=1S/C17H18N2O2/c20-17-8-3-9-19(17)15-11-14(16-7-4-10-21-16)18-13-6-2-1-5-12(13)15/h1-2,4-7,10,14-15,18H,3,8-9,11H2/t14-,15?/m0/s1. The van der Waals surface area contributed by atoms with E-state index in [1.165, 1.54) is 5.56 Å². The fraction of sp³-hybridized carbons (Fsp3) is 0.353. The molecule has 0 aliphatic carbocycles. The Bertz CT molecular complexity index is 651. The van der Waals surface area contributed by atoms with Crippen molar-refractivity contribution in [3.05, 3.63) is 54.0 Å². The van der Waals surface area contributed by atoms with E-state index in [0.29, 0.717) is 6.42 Å². The van der Waals surface area contributed by atoms with Crippen molar-refractivity contribution in [2.75, 3.05) is 11.9 Å². The largest absolute Gasteiger partial charge is 0.467 e. The lowest BCUT2D eigenvalue weighted by Crippen LogP contribution is -2.35. The predicted molar refractivity (Wildman–Crippen MR) is 79.8 cm³/mol. The number of nitrogens with zero attached hydrogens (tertiary/aromatic N) is 1. The lowest BCUT2D eigenvalue weighted by atomic mass is 9.91. The molecule has 1 N–H and O–H groups in total. The van der Waals surface area contributed by atoms with Crippen molar-refractivity contribution < 1.29 is 9.21 Å². The summed E-state index contributed by atoms with van der Waals surface area (Å²) in [6, 6.07) is 12.4. The molecule has 2 aromatic rings. The van der Waals surface area contributed by atoms with Crippen LogP contribution in [0.25, 0.3) is 0 Å². The Morgan fingerprint density at radius 2 is 2.10 bits per heavy atom. The van der Waals surface area contributed by atoms with Crippen LogP contribution in [-0.2, 0) is 4.79 Å². The Balaban J connectivity index is 1.72. The van der Waals surface area contributed by atoms with Gasteiger partial charge in [0, 0.05) is 18.7 Å². The van der Waals surface area contributed by atoms with Gasteiger partial charge in [-0.25, -0.2) is 0 Å². The number of anilines is 1. The zero-order chi connectivity index (χ0) is 14.2. The quantitative estimate of drug-likeness (QED) is 0.917. The number of hydrogen-bond donors (Lipinski definition) is 1. The molecule has 4 nitrogen and oxygen atoms in total. The number of likely N-dealkylation sites (tertiary alicyclic amines) is 1. The Morgan fingerprint density at radius 1 is 1.19 bits per heavy atom. The predicted octanol–water partition coefficient (Wildman–Crippen LogP) is 3.50. The summed E-state index contributed by atoms with van der Waals surface area (Å²) < 4.78 is 5.56. The Hall–Kier alpha value is -2.23. The number of benzene rings is 1. The number of carbonyl (C=O) groups excluding carboxylic acids is 1. The first-order valence-corrected chi connectivity index (χ1v) is 7.51. The van der Waals surface area contributed by atoms with E-state index in [9.17, 15) is 4.79 Å². The number of amides is 1. The monoisotopic (exact) mass is 282 g/mol. The molecule has 4 heteroatoms. The van der Waals surface area contributed by atoms with Crippen molar-refractivity contribution in [1.29, 1.82) is 0 Å². The normalized spacial score (nSPS) is 24.8. The molecule has 0 bridgehead atoms. The Morgan fingerprint density at radius 3 is 2.86 bits per heavy atom. The average Bonchev–Trinajstić information content (AvgIpc) is 3.17. The molecule has 4 rings (SSSR count). The van der Waals surface area contributed by atoms with Gasteiger partial charge in [0.25, 0.3) is 0 Å². The molecule has 1 saturated heterocycles. The average molecular weight is 282 g/mol. The summed E-state index contributed by atoms with van der Waals surface area (Å²) in [4.78, 5) is 14.2. The molecular formula is C17H18N2O2. The van der Waals surface area contributed by atoms with Gasteiger partial charge in [-0.05, 0) is 36.6 Å². The first-order chi connectivity index (χ1) is 10.3. The summed E-state index contributed by atoms with van der Waals surface area (Å²) >= 11 is 0. The summed E-state index contributed by atoms with van der Waals surface area (Å²) in [7, 11) is 0. The number of fused-ring (bicyclic) bond motifs is 1. The van der Waals surface area contributed by atoms with Crippen LogP contribution in [-0.4, -0.2) is 17.4 Å². The van der Waals surface area contributed by atoms with Crippen molar-refractivity contribution in [3.8, 4) is 0 Å². The van der Waals surface area contributed by atoms with E-state index in [1.807, 2.05) is 29.2 Å². The third kappa shape index (κ3) is 2.11. The zero-order valence-corrected chi connectivity index (χ0v) is 11.8. The minimum absolute atomic E-state index is 0.119. The van der Waals surface area contributed by atoms with Crippen LogP contribution in [0.15, 0.2) is 47.1 Å². The maximum absolute atomic E-state index is 12.2. The molecule has 2 aliphatic rings. The molecular weight excluding hydrogens is 264 g/mol. The highest BCUT2D eigenvalue weighted by atomic mass is 16.3. The SMILES string of the molecule is O=C1CCCN1C1C[C@@H](c2ccco2)Nc2ccccc21. The molecule has 2 aliphatic heterocycles. The van der Waals surface area contributed by atoms with E-state index < -0.39 is 0 Å². The van der Waals surface area contributed by atoms with Crippen LogP contribution in [0, 0.1) is 0 Å². The van der Waals surface area contributed by atoms with Gasteiger partial charge < -0.3 is 14.6 Å². The van der Waals surface area contributed by atoms with E-state index in [-0.39, 0.29) is 18.0 Å². The molecule has 1 aromatic heterocycles. The van der Waals surface area contributed by atoms with Crippen LogP contribution in [0.2, 0.25) is 0 Å². The summed E-state index contributed by atoms with van der Waals surface area (Å²) in [6.45, 7) is 0.864. The van der Waals surface area contributed by atoms with Gasteiger partial charge in [0.1, 0.15) is 5.76 Å². The van der Waals surface area contributed by atoms with Crippen molar-refractivity contribution in [2.24, 2.45) is 0 Å². The smallest absolute Gasteiger partial charge is 0.223 e. The van der Waals surface area contributed by atoms with Gasteiger partial charge in [0.05, 0.1) is 18.3 Å². The second-order valence-corrected chi connectivity index (χ2v) is 5.74. The molecule has 21 heavy (non-hydrogen) atoms. The molecule has 108 valence electrons. The van der Waals surface area contributed by atoms with Gasteiger partial charge in [-0.15, -0.1) is 0 Å². The van der Waals surface area contributed by atoms with Crippen LogP contribution in [0.4, 0.5) is 5.69 Å². The lowest BCUT2D eigenvalue weighted by molar-refractivity contribution is -0.130. The van der Waals surface area contributed by atoms with Crippen molar-refractivity contribution in [1.82, 2.24) is 4.90 Å². The van der Waals surface area contributed by atoms with Gasteiger partial charge in [-0.3, -0.25) is 4.79 Å². The molecule has 2 atom stereocenters. The molecule has 0 radical (unpaired) electrons. The number of para-hydroxylation sites is 1.